The van der Waals surface area contributed by atoms with Gasteiger partial charge in [0.25, 0.3) is 0 Å². The van der Waals surface area contributed by atoms with Crippen molar-refractivity contribution in [1.29, 1.82) is 0 Å². The Balaban J connectivity index is 2.34. The molecule has 0 amide bonds. The van der Waals surface area contributed by atoms with E-state index in [2.05, 4.69) is 16.8 Å². The number of nitrogens with zero attached hydrogens (tertiary/aromatic N) is 2. The molecule has 0 N–H and O–H groups in total. The maximum Gasteiger partial charge on any atom is 0.128 e. The molecule has 4 heteroatoms. The molecule has 0 bridgehead atoms. The van der Waals surface area contributed by atoms with Crippen LogP contribution in [0.25, 0.3) is 0 Å². The van der Waals surface area contributed by atoms with Crippen LogP contribution in [0, 0.1) is 5.41 Å². The minimum Gasteiger partial charge on any atom is -0.395 e. The number of rotatable bonds is 5. The van der Waals surface area contributed by atoms with Crippen molar-refractivity contribution >= 4 is 6.72 Å². The van der Waals surface area contributed by atoms with Crippen molar-refractivity contribution < 1.29 is 9.57 Å². The summed E-state index contributed by atoms with van der Waals surface area (Å²) in [6.45, 7) is 6.38. The zero-order valence-corrected chi connectivity index (χ0v) is 7.75. The van der Waals surface area contributed by atoms with Crippen LogP contribution >= 0.6 is 0 Å². The Morgan fingerprint density at radius 3 is 2.58 bits per heavy atom. The van der Waals surface area contributed by atoms with Crippen molar-refractivity contribution in [2.45, 2.75) is 0 Å². The van der Waals surface area contributed by atoms with Gasteiger partial charge in [0.05, 0.1) is 18.6 Å². The summed E-state index contributed by atoms with van der Waals surface area (Å²) >= 11 is 0. The fraction of sp³-hybridized carbons (Fsp3) is 0.875. The van der Waals surface area contributed by atoms with Crippen LogP contribution in [-0.4, -0.2) is 52.1 Å². The van der Waals surface area contributed by atoms with Gasteiger partial charge in [0.15, 0.2) is 0 Å². The van der Waals surface area contributed by atoms with E-state index in [0.29, 0.717) is 6.61 Å². The van der Waals surface area contributed by atoms with Crippen molar-refractivity contribution in [3.63, 3.8) is 0 Å². The molecule has 4 nitrogen and oxygen atoms in total. The van der Waals surface area contributed by atoms with Gasteiger partial charge in [-0.15, -0.1) is 5.16 Å². The molecule has 70 valence electrons. The van der Waals surface area contributed by atoms with Crippen LogP contribution in [0.4, 0.5) is 0 Å². The molecule has 1 rings (SSSR count). The molecule has 1 aliphatic heterocycles. The van der Waals surface area contributed by atoms with E-state index in [9.17, 15) is 0 Å². The summed E-state index contributed by atoms with van der Waals surface area (Å²) in [5.41, 5.74) is 0.144. The third-order valence-corrected chi connectivity index (χ3v) is 1.93. The van der Waals surface area contributed by atoms with Crippen molar-refractivity contribution in [2.24, 2.45) is 10.6 Å². The molecular weight excluding hydrogens is 156 g/mol. The summed E-state index contributed by atoms with van der Waals surface area (Å²) in [4.78, 5) is 7.08. The Bertz CT molecular complexity index is 155. The van der Waals surface area contributed by atoms with E-state index in [4.69, 9.17) is 9.57 Å². The Labute approximate surface area is 73.1 Å². The van der Waals surface area contributed by atoms with Gasteiger partial charge >= 0.3 is 0 Å². The molecule has 0 atom stereocenters. The molecule has 0 aliphatic carbocycles. The van der Waals surface area contributed by atoms with Crippen LogP contribution in [-0.2, 0) is 9.57 Å². The van der Waals surface area contributed by atoms with Crippen LogP contribution in [0.1, 0.15) is 0 Å². The fourth-order valence-electron chi connectivity index (χ4n) is 1.46. The SMILES string of the molecule is C=NOCC1(CN(C)C)COC1. The first kappa shape index (κ1) is 9.48. The molecule has 0 radical (unpaired) electrons. The van der Waals surface area contributed by atoms with Crippen molar-refractivity contribution in [1.82, 2.24) is 4.90 Å². The van der Waals surface area contributed by atoms with E-state index < -0.39 is 0 Å². The standard InChI is InChI=1S/C8H16N2O2/c1-9-12-7-8(4-10(2)3)5-11-6-8/h1,4-7H2,2-3H3. The van der Waals surface area contributed by atoms with E-state index >= 15 is 0 Å². The highest BCUT2D eigenvalue weighted by molar-refractivity contribution is 5.21. The normalized spacial score (nSPS) is 20.2. The summed E-state index contributed by atoms with van der Waals surface area (Å²) in [6, 6.07) is 0. The highest BCUT2D eigenvalue weighted by Crippen LogP contribution is 2.28. The predicted octanol–water partition coefficient (Wildman–Crippen LogP) is 0.197. The molecule has 0 spiro atoms. The summed E-state index contributed by atoms with van der Waals surface area (Å²) < 4.78 is 5.17. The minimum absolute atomic E-state index is 0.144. The van der Waals surface area contributed by atoms with Gasteiger partial charge in [-0.25, -0.2) is 0 Å². The van der Waals surface area contributed by atoms with E-state index in [0.717, 1.165) is 19.8 Å². The second-order valence-electron chi connectivity index (χ2n) is 3.63. The molecule has 1 saturated heterocycles. The van der Waals surface area contributed by atoms with E-state index in [1.54, 1.807) is 0 Å². The topological polar surface area (TPSA) is 34.1 Å². The minimum atomic E-state index is 0.144. The third-order valence-electron chi connectivity index (χ3n) is 1.93. The van der Waals surface area contributed by atoms with E-state index in [1.165, 1.54) is 0 Å². The molecule has 1 aliphatic rings. The van der Waals surface area contributed by atoms with Crippen molar-refractivity contribution in [3.8, 4) is 0 Å². The smallest absolute Gasteiger partial charge is 0.128 e. The molecule has 1 heterocycles. The molecule has 1 fully saturated rings. The van der Waals surface area contributed by atoms with Crippen LogP contribution in [0.3, 0.4) is 0 Å². The Morgan fingerprint density at radius 1 is 1.58 bits per heavy atom. The Kier molecular flexibility index (Phi) is 3.05. The van der Waals surface area contributed by atoms with Gasteiger partial charge in [-0.05, 0) is 14.1 Å². The Hall–Kier alpha value is -0.610. The van der Waals surface area contributed by atoms with Crippen molar-refractivity contribution in [2.75, 3.05) is 40.5 Å². The van der Waals surface area contributed by atoms with Gasteiger partial charge in [0.1, 0.15) is 6.61 Å². The highest BCUT2D eigenvalue weighted by atomic mass is 16.6. The lowest BCUT2D eigenvalue weighted by Gasteiger charge is -2.41. The number of ether oxygens (including phenoxy) is 1. The average Bonchev–Trinajstić information content (AvgIpc) is 1.94. The second kappa shape index (κ2) is 3.87. The molecule has 0 saturated carbocycles. The lowest BCUT2D eigenvalue weighted by Crippen LogP contribution is -2.52. The van der Waals surface area contributed by atoms with Crippen LogP contribution in [0.2, 0.25) is 0 Å². The van der Waals surface area contributed by atoms with Gasteiger partial charge in [-0.1, -0.05) is 0 Å². The first-order valence-corrected chi connectivity index (χ1v) is 3.99. The average molecular weight is 172 g/mol. The fourth-order valence-corrected chi connectivity index (χ4v) is 1.46. The molecule has 0 unspecified atom stereocenters. The molecular formula is C8H16N2O2. The Morgan fingerprint density at radius 2 is 2.25 bits per heavy atom. The van der Waals surface area contributed by atoms with Gasteiger partial charge in [0, 0.05) is 13.3 Å². The third kappa shape index (κ3) is 2.19. The predicted molar refractivity (Wildman–Crippen MR) is 47.3 cm³/mol. The number of hydrogen-bond donors (Lipinski definition) is 0. The lowest BCUT2D eigenvalue weighted by molar-refractivity contribution is -0.155. The molecule has 0 aromatic heterocycles. The van der Waals surface area contributed by atoms with Crippen LogP contribution < -0.4 is 0 Å². The highest BCUT2D eigenvalue weighted by Gasteiger charge is 2.40. The maximum atomic E-state index is 5.17. The van der Waals surface area contributed by atoms with Crippen LogP contribution in [0.5, 0.6) is 0 Å². The number of hydrogen-bond acceptors (Lipinski definition) is 4. The zero-order valence-electron chi connectivity index (χ0n) is 7.75. The summed E-state index contributed by atoms with van der Waals surface area (Å²) in [7, 11) is 4.09. The number of oxime groups is 1. The zero-order chi connectivity index (χ0) is 9.03. The summed E-state index contributed by atoms with van der Waals surface area (Å²) in [5, 5.41) is 3.39. The lowest BCUT2D eigenvalue weighted by atomic mass is 9.86. The van der Waals surface area contributed by atoms with Gasteiger partial charge in [-0.2, -0.15) is 0 Å². The van der Waals surface area contributed by atoms with Crippen molar-refractivity contribution in [3.05, 3.63) is 0 Å². The quantitative estimate of drug-likeness (QED) is 0.439. The van der Waals surface area contributed by atoms with Gasteiger partial charge in [-0.3, -0.25) is 0 Å². The first-order valence-electron chi connectivity index (χ1n) is 3.99. The van der Waals surface area contributed by atoms with Gasteiger partial charge in [0.2, 0.25) is 0 Å². The first-order chi connectivity index (χ1) is 5.68. The molecule has 0 aromatic carbocycles. The molecule has 0 aromatic rings. The maximum absolute atomic E-state index is 5.17. The summed E-state index contributed by atoms with van der Waals surface area (Å²) in [5.74, 6) is 0. The van der Waals surface area contributed by atoms with Gasteiger partial charge < -0.3 is 14.5 Å². The molecule has 12 heavy (non-hydrogen) atoms. The monoisotopic (exact) mass is 172 g/mol. The second-order valence-corrected chi connectivity index (χ2v) is 3.63. The van der Waals surface area contributed by atoms with E-state index in [-0.39, 0.29) is 5.41 Å². The summed E-state index contributed by atoms with van der Waals surface area (Å²) in [6.07, 6.45) is 0. The largest absolute Gasteiger partial charge is 0.395 e. The van der Waals surface area contributed by atoms with Crippen LogP contribution in [0.15, 0.2) is 5.16 Å². The van der Waals surface area contributed by atoms with E-state index in [1.807, 2.05) is 14.1 Å².